The first-order chi connectivity index (χ1) is 9.20. The second-order valence-corrected chi connectivity index (χ2v) is 5.12. The average Bonchev–Trinajstić information content (AvgIpc) is 2.97. The van der Waals surface area contributed by atoms with Crippen LogP contribution in [-0.4, -0.2) is 31.7 Å². The summed E-state index contributed by atoms with van der Waals surface area (Å²) in [5.41, 5.74) is 1.97. The Bertz CT molecular complexity index is 405. The molecule has 0 aliphatic carbocycles. The number of carbonyl (C=O) groups excluding carboxylic acids is 1. The van der Waals surface area contributed by atoms with Crippen molar-refractivity contribution in [3.8, 4) is 0 Å². The topological polar surface area (TPSA) is 35.5 Å². The van der Waals surface area contributed by atoms with Crippen LogP contribution in [0.5, 0.6) is 0 Å². The van der Waals surface area contributed by atoms with Crippen LogP contribution >= 0.6 is 0 Å². The Balaban J connectivity index is 1.86. The molecule has 0 amide bonds. The first kappa shape index (κ1) is 14.2. The van der Waals surface area contributed by atoms with E-state index in [2.05, 4.69) is 6.92 Å². The van der Waals surface area contributed by atoms with E-state index >= 15 is 0 Å². The van der Waals surface area contributed by atoms with E-state index in [1.165, 1.54) is 5.56 Å². The molecule has 1 fully saturated rings. The maximum Gasteiger partial charge on any atom is 0.191 e. The molecule has 0 N–H and O–H groups in total. The van der Waals surface area contributed by atoms with E-state index in [1.54, 1.807) is 0 Å². The van der Waals surface area contributed by atoms with Crippen molar-refractivity contribution in [2.75, 3.05) is 19.8 Å². The molecule has 3 nitrogen and oxygen atoms in total. The predicted octanol–water partition coefficient (Wildman–Crippen LogP) is 2.87. The van der Waals surface area contributed by atoms with Crippen LogP contribution in [0.25, 0.3) is 0 Å². The van der Waals surface area contributed by atoms with E-state index in [9.17, 15) is 4.79 Å². The Morgan fingerprint density at radius 3 is 2.74 bits per heavy atom. The summed E-state index contributed by atoms with van der Waals surface area (Å²) in [6.45, 7) is 6.11. The minimum absolute atomic E-state index is 0.0570. The zero-order valence-electron chi connectivity index (χ0n) is 11.7. The van der Waals surface area contributed by atoms with Crippen molar-refractivity contribution in [1.29, 1.82) is 0 Å². The molecule has 1 aromatic rings. The number of Topliss-reactive ketones (excluding diaryl/α,β-unsaturated/α-hetero) is 1. The van der Waals surface area contributed by atoms with Crippen molar-refractivity contribution in [3.05, 3.63) is 35.4 Å². The third-order valence-corrected chi connectivity index (χ3v) is 3.62. The molecule has 0 spiro atoms. The zero-order valence-corrected chi connectivity index (χ0v) is 11.7. The molecule has 0 bridgehead atoms. The summed E-state index contributed by atoms with van der Waals surface area (Å²) in [5, 5.41) is 0. The van der Waals surface area contributed by atoms with E-state index < -0.39 is 0 Å². The van der Waals surface area contributed by atoms with Crippen molar-refractivity contribution < 1.29 is 14.3 Å². The minimum Gasteiger partial charge on any atom is -0.381 e. The van der Waals surface area contributed by atoms with Crippen molar-refractivity contribution in [2.45, 2.75) is 32.8 Å². The lowest BCUT2D eigenvalue weighted by molar-refractivity contribution is 0.0322. The molecule has 1 heterocycles. The number of rotatable bonds is 6. The van der Waals surface area contributed by atoms with Crippen LogP contribution in [0.2, 0.25) is 0 Å². The Morgan fingerprint density at radius 2 is 2.16 bits per heavy atom. The highest BCUT2D eigenvalue weighted by Crippen LogP contribution is 2.15. The smallest absolute Gasteiger partial charge is 0.191 e. The quantitative estimate of drug-likeness (QED) is 0.739. The molecular weight excluding hydrogens is 240 g/mol. The second kappa shape index (κ2) is 6.83. The summed E-state index contributed by atoms with van der Waals surface area (Å²) in [7, 11) is 0. The Labute approximate surface area is 114 Å². The normalized spacial score (nSPS) is 20.4. The molecular formula is C16H22O3. The molecule has 0 aromatic heterocycles. The summed E-state index contributed by atoms with van der Waals surface area (Å²) >= 11 is 0. The number of hydrogen-bond acceptors (Lipinski definition) is 3. The van der Waals surface area contributed by atoms with E-state index in [0.717, 1.165) is 31.6 Å². The van der Waals surface area contributed by atoms with Crippen LogP contribution < -0.4 is 0 Å². The zero-order chi connectivity index (χ0) is 13.7. The summed E-state index contributed by atoms with van der Waals surface area (Å²) < 4.78 is 11.0. The monoisotopic (exact) mass is 262 g/mol. The lowest BCUT2D eigenvalue weighted by atomic mass is 10.0. The van der Waals surface area contributed by atoms with Gasteiger partial charge in [-0.2, -0.15) is 0 Å². The average molecular weight is 262 g/mol. The highest BCUT2D eigenvalue weighted by molar-refractivity contribution is 5.99. The van der Waals surface area contributed by atoms with Gasteiger partial charge in [0, 0.05) is 18.1 Å². The maximum absolute atomic E-state index is 12.2. The number of benzene rings is 1. The Morgan fingerprint density at radius 1 is 1.42 bits per heavy atom. The van der Waals surface area contributed by atoms with Crippen molar-refractivity contribution >= 4 is 5.78 Å². The van der Waals surface area contributed by atoms with Gasteiger partial charge in [0.15, 0.2) is 5.78 Å². The number of carbonyl (C=O) groups is 1. The van der Waals surface area contributed by atoms with Gasteiger partial charge in [0.1, 0.15) is 6.10 Å². The molecule has 19 heavy (non-hydrogen) atoms. The summed E-state index contributed by atoms with van der Waals surface area (Å²) in [5.74, 6) is 0.499. The SMILES string of the molecule is CCc1ccc(C(=O)C(C)OCC2CCOC2)cc1. The highest BCUT2D eigenvalue weighted by atomic mass is 16.5. The van der Waals surface area contributed by atoms with Gasteiger partial charge in [-0.3, -0.25) is 4.79 Å². The second-order valence-electron chi connectivity index (χ2n) is 5.12. The van der Waals surface area contributed by atoms with Gasteiger partial charge in [0.2, 0.25) is 0 Å². The molecule has 0 saturated carbocycles. The molecule has 2 rings (SSSR count). The first-order valence-electron chi connectivity index (χ1n) is 7.03. The standard InChI is InChI=1S/C16H22O3/c1-3-13-4-6-15(7-5-13)16(17)12(2)19-11-14-8-9-18-10-14/h4-7,12,14H,3,8-11H2,1-2H3. The fourth-order valence-corrected chi connectivity index (χ4v) is 2.21. The fraction of sp³-hybridized carbons (Fsp3) is 0.562. The predicted molar refractivity (Wildman–Crippen MR) is 74.5 cm³/mol. The maximum atomic E-state index is 12.2. The van der Waals surface area contributed by atoms with Gasteiger partial charge >= 0.3 is 0 Å². The number of hydrogen-bond donors (Lipinski definition) is 0. The van der Waals surface area contributed by atoms with E-state index in [-0.39, 0.29) is 11.9 Å². The Kier molecular flexibility index (Phi) is 5.11. The molecule has 1 aromatic carbocycles. The van der Waals surface area contributed by atoms with E-state index in [4.69, 9.17) is 9.47 Å². The van der Waals surface area contributed by atoms with Crippen LogP contribution in [-0.2, 0) is 15.9 Å². The molecule has 104 valence electrons. The summed E-state index contributed by atoms with van der Waals surface area (Å²) in [6, 6.07) is 7.79. The number of aryl methyl sites for hydroxylation is 1. The van der Waals surface area contributed by atoms with Gasteiger partial charge in [-0.15, -0.1) is 0 Å². The molecule has 2 atom stereocenters. The summed E-state index contributed by atoms with van der Waals surface area (Å²) in [6.07, 6.45) is 1.64. The Hall–Kier alpha value is -1.19. The molecule has 2 unspecified atom stereocenters. The lowest BCUT2D eigenvalue weighted by Gasteiger charge is -2.15. The molecule has 1 aliphatic heterocycles. The third-order valence-electron chi connectivity index (χ3n) is 3.62. The van der Waals surface area contributed by atoms with Gasteiger partial charge < -0.3 is 9.47 Å². The first-order valence-corrected chi connectivity index (χ1v) is 7.03. The molecule has 1 saturated heterocycles. The molecule has 0 radical (unpaired) electrons. The van der Waals surface area contributed by atoms with Crippen molar-refractivity contribution in [1.82, 2.24) is 0 Å². The highest BCUT2D eigenvalue weighted by Gasteiger charge is 2.20. The lowest BCUT2D eigenvalue weighted by Crippen LogP contribution is -2.24. The molecule has 1 aliphatic rings. The van der Waals surface area contributed by atoms with Gasteiger partial charge in [0.05, 0.1) is 13.2 Å². The van der Waals surface area contributed by atoms with Crippen LogP contribution in [0.15, 0.2) is 24.3 Å². The van der Waals surface area contributed by atoms with Gasteiger partial charge in [-0.05, 0) is 25.3 Å². The van der Waals surface area contributed by atoms with E-state index in [0.29, 0.717) is 12.5 Å². The van der Waals surface area contributed by atoms with Gasteiger partial charge in [-0.1, -0.05) is 31.2 Å². The van der Waals surface area contributed by atoms with Crippen LogP contribution in [0.4, 0.5) is 0 Å². The van der Waals surface area contributed by atoms with E-state index in [1.807, 2.05) is 31.2 Å². The fourth-order valence-electron chi connectivity index (χ4n) is 2.21. The minimum atomic E-state index is -0.381. The number of ether oxygens (including phenoxy) is 2. The van der Waals surface area contributed by atoms with Crippen LogP contribution in [0.3, 0.4) is 0 Å². The van der Waals surface area contributed by atoms with Gasteiger partial charge in [0.25, 0.3) is 0 Å². The summed E-state index contributed by atoms with van der Waals surface area (Å²) in [4.78, 5) is 12.2. The largest absolute Gasteiger partial charge is 0.381 e. The van der Waals surface area contributed by atoms with Crippen molar-refractivity contribution in [2.24, 2.45) is 5.92 Å². The third kappa shape index (κ3) is 3.88. The molecule has 3 heteroatoms. The van der Waals surface area contributed by atoms with Crippen LogP contribution in [0, 0.1) is 5.92 Å². The van der Waals surface area contributed by atoms with Crippen molar-refractivity contribution in [3.63, 3.8) is 0 Å². The van der Waals surface area contributed by atoms with Gasteiger partial charge in [-0.25, -0.2) is 0 Å². The van der Waals surface area contributed by atoms with Crippen LogP contribution in [0.1, 0.15) is 36.2 Å². The number of ketones is 1.